The Bertz CT molecular complexity index is 467. The quantitative estimate of drug-likeness (QED) is 0.844. The van der Waals surface area contributed by atoms with Gasteiger partial charge in [-0.25, -0.2) is 0 Å². The van der Waals surface area contributed by atoms with Crippen molar-refractivity contribution in [1.82, 2.24) is 4.90 Å². The van der Waals surface area contributed by atoms with Crippen molar-refractivity contribution < 1.29 is 22.4 Å². The first kappa shape index (κ1) is 14.0. The average Bonchev–Trinajstić information content (AvgIpc) is 2.82. The summed E-state index contributed by atoms with van der Waals surface area (Å²) in [5, 5.41) is 0. The fraction of sp³-hybridized carbons (Fsp3) is 0.615. The third-order valence-corrected chi connectivity index (χ3v) is 3.33. The largest absolute Gasteiger partial charge is 0.464 e. The molecular formula is C13H16F3NO2. The van der Waals surface area contributed by atoms with Crippen LogP contribution in [0.1, 0.15) is 37.2 Å². The van der Waals surface area contributed by atoms with Gasteiger partial charge in [-0.3, -0.25) is 4.79 Å². The van der Waals surface area contributed by atoms with E-state index in [1.54, 1.807) is 6.07 Å². The Balaban J connectivity index is 1.89. The lowest BCUT2D eigenvalue weighted by Gasteiger charge is -2.16. The minimum Gasteiger partial charge on any atom is -0.464 e. The molecule has 0 saturated heterocycles. The van der Waals surface area contributed by atoms with Crippen LogP contribution in [0.5, 0.6) is 0 Å². The molecule has 0 aromatic carbocycles. The zero-order chi connectivity index (χ0) is 14.2. The number of carbonyl (C=O) groups is 1. The van der Waals surface area contributed by atoms with Crippen LogP contribution < -0.4 is 0 Å². The van der Waals surface area contributed by atoms with Crippen LogP contribution in [-0.4, -0.2) is 24.0 Å². The molecule has 1 saturated carbocycles. The van der Waals surface area contributed by atoms with E-state index in [0.717, 1.165) is 17.1 Å². The highest BCUT2D eigenvalue weighted by molar-refractivity contribution is 5.76. The zero-order valence-corrected chi connectivity index (χ0v) is 10.8. The normalized spacial score (nSPS) is 22.4. The maximum absolute atomic E-state index is 12.1. The maximum atomic E-state index is 12.1. The molecule has 0 radical (unpaired) electrons. The number of amides is 1. The molecule has 1 amide bonds. The molecule has 1 aliphatic carbocycles. The van der Waals surface area contributed by atoms with Gasteiger partial charge in [0.1, 0.15) is 17.9 Å². The van der Waals surface area contributed by atoms with Gasteiger partial charge >= 0.3 is 6.18 Å². The summed E-state index contributed by atoms with van der Waals surface area (Å²) in [7, 11) is 1.34. The number of furan rings is 1. The smallest absolute Gasteiger partial charge is 0.397 e. The molecule has 3 nitrogen and oxygen atoms in total. The Kier molecular flexibility index (Phi) is 3.60. The molecule has 1 aliphatic rings. The van der Waals surface area contributed by atoms with E-state index in [4.69, 9.17) is 4.42 Å². The van der Waals surface area contributed by atoms with E-state index in [0.29, 0.717) is 17.6 Å². The van der Waals surface area contributed by atoms with Gasteiger partial charge in [0.05, 0.1) is 6.54 Å². The van der Waals surface area contributed by atoms with Gasteiger partial charge in [-0.2, -0.15) is 13.2 Å². The second-order valence-electron chi connectivity index (χ2n) is 5.17. The third kappa shape index (κ3) is 3.75. The molecular weight excluding hydrogens is 259 g/mol. The van der Waals surface area contributed by atoms with E-state index in [1.807, 2.05) is 6.07 Å². The summed E-state index contributed by atoms with van der Waals surface area (Å²) in [6.07, 6.45) is -4.82. The third-order valence-electron chi connectivity index (χ3n) is 3.33. The minimum atomic E-state index is -4.47. The van der Waals surface area contributed by atoms with Crippen molar-refractivity contribution in [3.63, 3.8) is 0 Å². The molecule has 1 fully saturated rings. The monoisotopic (exact) mass is 275 g/mol. The highest BCUT2D eigenvalue weighted by Gasteiger charge is 2.37. The van der Waals surface area contributed by atoms with Crippen molar-refractivity contribution in [1.29, 1.82) is 0 Å². The van der Waals surface area contributed by atoms with Gasteiger partial charge in [0.15, 0.2) is 0 Å². The Morgan fingerprint density at radius 3 is 2.63 bits per heavy atom. The van der Waals surface area contributed by atoms with Crippen molar-refractivity contribution in [2.45, 2.75) is 38.4 Å². The molecule has 0 spiro atoms. The number of nitrogens with zero attached hydrogens (tertiary/aromatic N) is 1. The van der Waals surface area contributed by atoms with Gasteiger partial charge in [0.2, 0.25) is 5.91 Å². The number of hydrogen-bond donors (Lipinski definition) is 0. The van der Waals surface area contributed by atoms with Crippen LogP contribution >= 0.6 is 0 Å². The first-order chi connectivity index (χ1) is 8.76. The van der Waals surface area contributed by atoms with Crippen molar-refractivity contribution in [3.8, 4) is 0 Å². The Morgan fingerprint density at radius 1 is 1.47 bits per heavy atom. The summed E-state index contributed by atoms with van der Waals surface area (Å²) in [6, 6.07) is 3.56. The van der Waals surface area contributed by atoms with E-state index >= 15 is 0 Å². The van der Waals surface area contributed by atoms with E-state index in [9.17, 15) is 18.0 Å². The van der Waals surface area contributed by atoms with Gasteiger partial charge in [-0.05, 0) is 24.5 Å². The molecule has 19 heavy (non-hydrogen) atoms. The van der Waals surface area contributed by atoms with Crippen LogP contribution in [0.2, 0.25) is 0 Å². The topological polar surface area (TPSA) is 33.5 Å². The molecule has 1 heterocycles. The van der Waals surface area contributed by atoms with E-state index in [2.05, 4.69) is 6.92 Å². The second-order valence-corrected chi connectivity index (χ2v) is 5.17. The van der Waals surface area contributed by atoms with Crippen molar-refractivity contribution in [3.05, 3.63) is 23.7 Å². The molecule has 0 unspecified atom stereocenters. The second kappa shape index (κ2) is 4.90. The van der Waals surface area contributed by atoms with Crippen LogP contribution in [0.25, 0.3) is 0 Å². The van der Waals surface area contributed by atoms with Gasteiger partial charge in [-0.15, -0.1) is 0 Å². The van der Waals surface area contributed by atoms with Crippen LogP contribution in [0.15, 0.2) is 16.5 Å². The number of carbonyl (C=O) groups excluding carboxylic acids is 1. The SMILES string of the molecule is C[C@H]1C[C@@H]1c1ccc(CN(C)C(=O)CC(F)(F)F)o1. The number of rotatable bonds is 4. The number of hydrogen-bond acceptors (Lipinski definition) is 2. The minimum absolute atomic E-state index is 0.0655. The van der Waals surface area contributed by atoms with E-state index in [1.165, 1.54) is 7.05 Å². The zero-order valence-electron chi connectivity index (χ0n) is 10.8. The number of halogens is 3. The van der Waals surface area contributed by atoms with Crippen molar-refractivity contribution in [2.24, 2.45) is 5.92 Å². The molecule has 1 aromatic heterocycles. The molecule has 106 valence electrons. The highest BCUT2D eigenvalue weighted by Crippen LogP contribution is 2.47. The summed E-state index contributed by atoms with van der Waals surface area (Å²) >= 11 is 0. The lowest BCUT2D eigenvalue weighted by molar-refractivity contribution is -0.161. The summed E-state index contributed by atoms with van der Waals surface area (Å²) in [5.41, 5.74) is 0. The van der Waals surface area contributed by atoms with Gasteiger partial charge < -0.3 is 9.32 Å². The number of alkyl halides is 3. The molecule has 2 rings (SSSR count). The summed E-state index contributed by atoms with van der Waals surface area (Å²) < 4.78 is 41.8. The first-order valence-corrected chi connectivity index (χ1v) is 6.15. The summed E-state index contributed by atoms with van der Waals surface area (Å²) in [5.74, 6) is 1.45. The Morgan fingerprint density at radius 2 is 2.11 bits per heavy atom. The van der Waals surface area contributed by atoms with Gasteiger partial charge in [-0.1, -0.05) is 6.92 Å². The fourth-order valence-electron chi connectivity index (χ4n) is 2.03. The molecule has 1 aromatic rings. The van der Waals surface area contributed by atoms with Gasteiger partial charge in [0.25, 0.3) is 0 Å². The van der Waals surface area contributed by atoms with E-state index in [-0.39, 0.29) is 6.54 Å². The van der Waals surface area contributed by atoms with Crippen LogP contribution in [0, 0.1) is 5.92 Å². The summed E-state index contributed by atoms with van der Waals surface area (Å²) in [6.45, 7) is 2.18. The molecule has 0 N–H and O–H groups in total. The molecule has 6 heteroatoms. The Labute approximate surface area is 109 Å². The van der Waals surface area contributed by atoms with Crippen LogP contribution in [0.3, 0.4) is 0 Å². The molecule has 0 bridgehead atoms. The van der Waals surface area contributed by atoms with Gasteiger partial charge in [0, 0.05) is 13.0 Å². The first-order valence-electron chi connectivity index (χ1n) is 6.15. The van der Waals surface area contributed by atoms with Crippen LogP contribution in [0.4, 0.5) is 13.2 Å². The fourth-order valence-corrected chi connectivity index (χ4v) is 2.03. The molecule has 0 aliphatic heterocycles. The van der Waals surface area contributed by atoms with Crippen molar-refractivity contribution in [2.75, 3.05) is 7.05 Å². The summed E-state index contributed by atoms with van der Waals surface area (Å²) in [4.78, 5) is 12.4. The predicted molar refractivity (Wildman–Crippen MR) is 62.4 cm³/mol. The highest BCUT2D eigenvalue weighted by atomic mass is 19.4. The molecule has 2 atom stereocenters. The average molecular weight is 275 g/mol. The maximum Gasteiger partial charge on any atom is 0.397 e. The standard InChI is InChI=1S/C13H16F3NO2/c1-8-5-10(8)11-4-3-9(19-11)7-17(2)12(18)6-13(14,15)16/h3-4,8,10H,5-7H2,1-2H3/t8-,10-/m0/s1. The van der Waals surface area contributed by atoms with Crippen LogP contribution in [-0.2, 0) is 11.3 Å². The predicted octanol–water partition coefficient (Wildman–Crippen LogP) is 3.31. The Hall–Kier alpha value is -1.46. The lowest BCUT2D eigenvalue weighted by Crippen LogP contribution is -2.30. The van der Waals surface area contributed by atoms with E-state index < -0.39 is 18.5 Å². The van der Waals surface area contributed by atoms with Crippen molar-refractivity contribution >= 4 is 5.91 Å². The lowest BCUT2D eigenvalue weighted by atomic mass is 10.3.